The lowest BCUT2D eigenvalue weighted by atomic mass is 10.1. The zero-order chi connectivity index (χ0) is 26.7. The Labute approximate surface area is 226 Å². The van der Waals surface area contributed by atoms with Crippen LogP contribution in [0.4, 0.5) is 5.69 Å². The van der Waals surface area contributed by atoms with Crippen LogP contribution in [0.5, 0.6) is 11.5 Å². The number of nitrogens with zero attached hydrogens (tertiary/aromatic N) is 1. The Hall–Kier alpha value is -4.02. The highest BCUT2D eigenvalue weighted by molar-refractivity contribution is 9.10. The van der Waals surface area contributed by atoms with E-state index in [4.69, 9.17) is 21.7 Å². The lowest BCUT2D eigenvalue weighted by Crippen LogP contribution is -2.54. The molecule has 0 bridgehead atoms. The summed E-state index contributed by atoms with van der Waals surface area (Å²) in [5, 5.41) is 11.6. The standard InChI is InChI=1S/C27H21BrN2O6S/c1-15-5-3-6-16(9-15)14-36-23-21(28)11-17(12-22(23)35-2)10-20-24(31)29-27(37)30(25(20)32)19-8-4-7-18(13-19)26(33)34/h3-13H,14H2,1-2H3,(H,33,34)(H,29,31,37). The van der Waals surface area contributed by atoms with E-state index in [2.05, 4.69) is 21.2 Å². The van der Waals surface area contributed by atoms with Gasteiger partial charge in [-0.3, -0.25) is 19.8 Å². The minimum atomic E-state index is -1.15. The van der Waals surface area contributed by atoms with Crippen LogP contribution in [0.3, 0.4) is 0 Å². The number of carboxylic acid groups (broad SMARTS) is 1. The van der Waals surface area contributed by atoms with E-state index in [1.54, 1.807) is 12.1 Å². The lowest BCUT2D eigenvalue weighted by molar-refractivity contribution is -0.122. The van der Waals surface area contributed by atoms with Crippen molar-refractivity contribution in [3.05, 3.63) is 93.0 Å². The monoisotopic (exact) mass is 580 g/mol. The second-order valence-electron chi connectivity index (χ2n) is 8.13. The topological polar surface area (TPSA) is 105 Å². The molecule has 2 N–H and O–H groups in total. The molecule has 3 aromatic carbocycles. The second-order valence-corrected chi connectivity index (χ2v) is 9.37. The normalized spacial score (nSPS) is 14.5. The molecule has 0 spiro atoms. The van der Waals surface area contributed by atoms with Crippen molar-refractivity contribution in [2.24, 2.45) is 0 Å². The fourth-order valence-electron chi connectivity index (χ4n) is 3.76. The van der Waals surface area contributed by atoms with Gasteiger partial charge in [-0.2, -0.15) is 0 Å². The molecule has 10 heteroatoms. The number of ether oxygens (including phenoxy) is 2. The summed E-state index contributed by atoms with van der Waals surface area (Å²) in [5.41, 5.74) is 2.62. The van der Waals surface area contributed by atoms with Gasteiger partial charge in [0, 0.05) is 0 Å². The fourth-order valence-corrected chi connectivity index (χ4v) is 4.61. The number of aromatic carboxylic acids is 1. The van der Waals surface area contributed by atoms with Gasteiger partial charge in [-0.05, 0) is 82.6 Å². The number of benzene rings is 3. The Morgan fingerprint density at radius 3 is 2.59 bits per heavy atom. The quantitative estimate of drug-likeness (QED) is 0.233. The van der Waals surface area contributed by atoms with Crippen molar-refractivity contribution in [1.82, 2.24) is 5.32 Å². The Kier molecular flexibility index (Phi) is 7.70. The third-order valence-electron chi connectivity index (χ3n) is 5.48. The van der Waals surface area contributed by atoms with E-state index in [1.165, 1.54) is 37.5 Å². The van der Waals surface area contributed by atoms with E-state index in [1.807, 2.05) is 31.2 Å². The molecular weight excluding hydrogens is 560 g/mol. The van der Waals surface area contributed by atoms with Crippen molar-refractivity contribution >= 4 is 62.8 Å². The number of halogens is 1. The number of carbonyl (C=O) groups is 3. The maximum Gasteiger partial charge on any atom is 0.335 e. The van der Waals surface area contributed by atoms with Crippen molar-refractivity contribution in [3.8, 4) is 11.5 Å². The molecule has 37 heavy (non-hydrogen) atoms. The zero-order valence-corrected chi connectivity index (χ0v) is 22.2. The molecular formula is C27H21BrN2O6S. The third kappa shape index (κ3) is 5.71. The minimum absolute atomic E-state index is 0.0227. The summed E-state index contributed by atoms with van der Waals surface area (Å²) < 4.78 is 12.1. The number of carboxylic acids is 1. The number of methoxy groups -OCH3 is 1. The number of hydrogen-bond donors (Lipinski definition) is 2. The van der Waals surface area contributed by atoms with Crippen LogP contribution in [0.1, 0.15) is 27.0 Å². The highest BCUT2D eigenvalue weighted by atomic mass is 79.9. The van der Waals surface area contributed by atoms with Crippen LogP contribution >= 0.6 is 28.1 Å². The van der Waals surface area contributed by atoms with Gasteiger partial charge in [-0.25, -0.2) is 4.79 Å². The van der Waals surface area contributed by atoms with Crippen molar-refractivity contribution in [2.45, 2.75) is 13.5 Å². The Morgan fingerprint density at radius 2 is 1.89 bits per heavy atom. The maximum absolute atomic E-state index is 13.3. The molecule has 0 unspecified atom stereocenters. The minimum Gasteiger partial charge on any atom is -0.493 e. The summed E-state index contributed by atoms with van der Waals surface area (Å²) in [6.45, 7) is 2.32. The average Bonchev–Trinajstić information content (AvgIpc) is 2.85. The van der Waals surface area contributed by atoms with Gasteiger partial charge in [0.1, 0.15) is 12.2 Å². The highest BCUT2D eigenvalue weighted by Gasteiger charge is 2.34. The number of nitrogens with one attached hydrogen (secondary N) is 1. The average molecular weight is 581 g/mol. The van der Waals surface area contributed by atoms with Crippen molar-refractivity contribution in [1.29, 1.82) is 0 Å². The number of aryl methyl sites for hydroxylation is 1. The number of rotatable bonds is 7. The second kappa shape index (κ2) is 10.9. The van der Waals surface area contributed by atoms with Crippen molar-refractivity contribution in [3.63, 3.8) is 0 Å². The molecule has 1 saturated heterocycles. The summed E-state index contributed by atoms with van der Waals surface area (Å²) in [4.78, 5) is 38.5. The van der Waals surface area contributed by atoms with Crippen LogP contribution in [-0.2, 0) is 16.2 Å². The van der Waals surface area contributed by atoms with E-state index in [0.717, 1.165) is 16.0 Å². The van der Waals surface area contributed by atoms with Crippen LogP contribution in [0.15, 0.2) is 70.7 Å². The highest BCUT2D eigenvalue weighted by Crippen LogP contribution is 2.38. The third-order valence-corrected chi connectivity index (χ3v) is 6.36. The number of anilines is 1. The molecule has 1 aliphatic heterocycles. The number of carbonyl (C=O) groups excluding carboxylic acids is 2. The molecule has 1 aliphatic rings. The molecule has 4 rings (SSSR count). The van der Waals surface area contributed by atoms with E-state index >= 15 is 0 Å². The summed E-state index contributed by atoms with van der Waals surface area (Å²) in [6, 6.07) is 17.0. The predicted octanol–water partition coefficient (Wildman–Crippen LogP) is 4.87. The van der Waals surface area contributed by atoms with Gasteiger partial charge in [0.25, 0.3) is 11.8 Å². The van der Waals surface area contributed by atoms with E-state index in [0.29, 0.717) is 28.1 Å². The van der Waals surface area contributed by atoms with Crippen LogP contribution in [-0.4, -0.2) is 35.1 Å². The summed E-state index contributed by atoms with van der Waals surface area (Å²) in [7, 11) is 1.49. The van der Waals surface area contributed by atoms with Crippen LogP contribution in [0.2, 0.25) is 0 Å². The van der Waals surface area contributed by atoms with Gasteiger partial charge in [0.05, 0.1) is 22.8 Å². The largest absolute Gasteiger partial charge is 0.493 e. The summed E-state index contributed by atoms with van der Waals surface area (Å²) in [6.07, 6.45) is 1.41. The Balaban J connectivity index is 1.65. The van der Waals surface area contributed by atoms with Gasteiger partial charge in [0.2, 0.25) is 0 Å². The van der Waals surface area contributed by atoms with Gasteiger partial charge >= 0.3 is 5.97 Å². The van der Waals surface area contributed by atoms with E-state index in [-0.39, 0.29) is 21.9 Å². The first kappa shape index (κ1) is 26.1. The molecule has 188 valence electrons. The molecule has 0 saturated carbocycles. The molecule has 0 radical (unpaired) electrons. The van der Waals surface area contributed by atoms with Crippen molar-refractivity contribution < 1.29 is 29.0 Å². The summed E-state index contributed by atoms with van der Waals surface area (Å²) in [5.74, 6) is -1.64. The van der Waals surface area contributed by atoms with Crippen LogP contribution in [0.25, 0.3) is 6.08 Å². The van der Waals surface area contributed by atoms with Gasteiger partial charge in [-0.1, -0.05) is 35.9 Å². The SMILES string of the molecule is COc1cc(C=C2C(=O)NC(=S)N(c3cccc(C(=O)O)c3)C2=O)cc(Br)c1OCc1cccc(C)c1. The predicted molar refractivity (Wildman–Crippen MR) is 146 cm³/mol. The van der Waals surface area contributed by atoms with E-state index < -0.39 is 17.8 Å². The molecule has 0 atom stereocenters. The zero-order valence-electron chi connectivity index (χ0n) is 19.8. The molecule has 1 heterocycles. The van der Waals surface area contributed by atoms with Gasteiger partial charge in [0.15, 0.2) is 16.6 Å². The molecule has 1 fully saturated rings. The first-order valence-electron chi connectivity index (χ1n) is 11.0. The number of amides is 2. The maximum atomic E-state index is 13.3. The van der Waals surface area contributed by atoms with Crippen LogP contribution in [0, 0.1) is 6.92 Å². The smallest absolute Gasteiger partial charge is 0.335 e. The first-order valence-corrected chi connectivity index (χ1v) is 12.2. The van der Waals surface area contributed by atoms with Crippen molar-refractivity contribution in [2.75, 3.05) is 12.0 Å². The van der Waals surface area contributed by atoms with Gasteiger partial charge in [-0.15, -0.1) is 0 Å². The first-order chi connectivity index (χ1) is 17.7. The van der Waals surface area contributed by atoms with Crippen LogP contribution < -0.4 is 19.7 Å². The fraction of sp³-hybridized carbons (Fsp3) is 0.111. The lowest BCUT2D eigenvalue weighted by Gasteiger charge is -2.29. The number of hydrogen-bond acceptors (Lipinski definition) is 6. The molecule has 0 aliphatic carbocycles. The Bertz CT molecular complexity index is 1470. The van der Waals surface area contributed by atoms with Gasteiger partial charge < -0.3 is 14.6 Å². The molecule has 3 aromatic rings. The number of thiocarbonyl (C=S) groups is 1. The van der Waals surface area contributed by atoms with E-state index in [9.17, 15) is 19.5 Å². The molecule has 8 nitrogen and oxygen atoms in total. The summed E-state index contributed by atoms with van der Waals surface area (Å²) >= 11 is 8.69. The molecule has 0 aromatic heterocycles. The Morgan fingerprint density at radius 1 is 1.14 bits per heavy atom. The molecule has 2 amide bonds.